The Kier molecular flexibility index (Phi) is 2.83. The second-order valence-electron chi connectivity index (χ2n) is 5.66. The number of aromatic nitrogens is 2. The van der Waals surface area contributed by atoms with Gasteiger partial charge >= 0.3 is 5.97 Å². The van der Waals surface area contributed by atoms with E-state index in [2.05, 4.69) is 10.3 Å². The molecule has 0 aliphatic carbocycles. The highest BCUT2D eigenvalue weighted by atomic mass is 16.4. The van der Waals surface area contributed by atoms with Crippen molar-refractivity contribution in [3.05, 3.63) is 53.6 Å². The SMILES string of the molecule is CC1(C)NC(=O)c2ccccc2C1n1cncc1C(=O)O. The fourth-order valence-corrected chi connectivity index (χ4v) is 2.93. The lowest BCUT2D eigenvalue weighted by atomic mass is 9.81. The van der Waals surface area contributed by atoms with Gasteiger partial charge in [-0.2, -0.15) is 0 Å². The second-order valence-corrected chi connectivity index (χ2v) is 5.66. The summed E-state index contributed by atoms with van der Waals surface area (Å²) in [5.74, 6) is -1.19. The summed E-state index contributed by atoms with van der Waals surface area (Å²) in [7, 11) is 0. The zero-order valence-electron chi connectivity index (χ0n) is 11.7. The minimum Gasteiger partial charge on any atom is -0.477 e. The van der Waals surface area contributed by atoms with Gasteiger partial charge in [0.2, 0.25) is 0 Å². The van der Waals surface area contributed by atoms with Crippen LogP contribution in [0.5, 0.6) is 0 Å². The van der Waals surface area contributed by atoms with Crippen LogP contribution in [0.15, 0.2) is 36.8 Å². The Labute approximate surface area is 121 Å². The van der Waals surface area contributed by atoms with Crippen LogP contribution in [0, 0.1) is 0 Å². The van der Waals surface area contributed by atoms with Crippen LogP contribution < -0.4 is 5.32 Å². The fraction of sp³-hybridized carbons (Fsp3) is 0.267. The molecule has 1 aliphatic rings. The molecule has 3 rings (SSSR count). The maximum atomic E-state index is 12.2. The van der Waals surface area contributed by atoms with Gasteiger partial charge in [0.05, 0.1) is 24.1 Å². The molecule has 0 radical (unpaired) electrons. The van der Waals surface area contributed by atoms with Crippen molar-refractivity contribution in [2.75, 3.05) is 0 Å². The van der Waals surface area contributed by atoms with E-state index in [1.54, 1.807) is 16.7 Å². The first-order valence-electron chi connectivity index (χ1n) is 6.58. The van der Waals surface area contributed by atoms with Gasteiger partial charge in [-0.25, -0.2) is 9.78 Å². The zero-order chi connectivity index (χ0) is 15.2. The normalized spacial score (nSPS) is 19.7. The summed E-state index contributed by atoms with van der Waals surface area (Å²) in [5.41, 5.74) is 0.828. The topological polar surface area (TPSA) is 84.2 Å². The van der Waals surface area contributed by atoms with Crippen molar-refractivity contribution in [3.63, 3.8) is 0 Å². The first kappa shape index (κ1) is 13.4. The lowest BCUT2D eigenvalue weighted by molar-refractivity contribution is 0.0680. The zero-order valence-corrected chi connectivity index (χ0v) is 11.7. The lowest BCUT2D eigenvalue weighted by Crippen LogP contribution is -2.54. The van der Waals surface area contributed by atoms with Gasteiger partial charge in [-0.05, 0) is 25.5 Å². The third-order valence-electron chi connectivity index (χ3n) is 3.78. The number of aromatic carboxylic acids is 1. The van der Waals surface area contributed by atoms with Crippen LogP contribution in [-0.4, -0.2) is 32.1 Å². The van der Waals surface area contributed by atoms with E-state index >= 15 is 0 Å². The Balaban J connectivity index is 2.24. The summed E-state index contributed by atoms with van der Waals surface area (Å²) in [5, 5.41) is 12.2. The van der Waals surface area contributed by atoms with Gasteiger partial charge in [0.15, 0.2) is 0 Å². The highest BCUT2D eigenvalue weighted by molar-refractivity contribution is 5.98. The third-order valence-corrected chi connectivity index (χ3v) is 3.78. The molecule has 2 heterocycles. The van der Waals surface area contributed by atoms with E-state index < -0.39 is 11.5 Å². The molecule has 2 N–H and O–H groups in total. The summed E-state index contributed by atoms with van der Waals surface area (Å²) in [4.78, 5) is 27.5. The Bertz CT molecular complexity index is 733. The van der Waals surface area contributed by atoms with E-state index in [1.807, 2.05) is 26.0 Å². The minimum atomic E-state index is -1.04. The largest absolute Gasteiger partial charge is 0.477 e. The number of imidazole rings is 1. The van der Waals surface area contributed by atoms with Gasteiger partial charge in [0.1, 0.15) is 5.69 Å². The molecule has 21 heavy (non-hydrogen) atoms. The lowest BCUT2D eigenvalue weighted by Gasteiger charge is -2.41. The molecule has 1 unspecified atom stereocenters. The molecule has 1 aliphatic heterocycles. The highest BCUT2D eigenvalue weighted by Crippen LogP contribution is 2.36. The number of fused-ring (bicyclic) bond motifs is 1. The van der Waals surface area contributed by atoms with E-state index in [9.17, 15) is 14.7 Å². The van der Waals surface area contributed by atoms with Crippen molar-refractivity contribution in [2.45, 2.75) is 25.4 Å². The van der Waals surface area contributed by atoms with E-state index in [0.29, 0.717) is 5.56 Å². The van der Waals surface area contributed by atoms with Crippen LogP contribution in [0.4, 0.5) is 0 Å². The highest BCUT2D eigenvalue weighted by Gasteiger charge is 2.41. The molecule has 1 aromatic carbocycles. The van der Waals surface area contributed by atoms with Gasteiger partial charge in [-0.1, -0.05) is 18.2 Å². The third kappa shape index (κ3) is 1.99. The van der Waals surface area contributed by atoms with Gasteiger partial charge in [-0.15, -0.1) is 0 Å². The molecule has 1 atom stereocenters. The maximum Gasteiger partial charge on any atom is 0.354 e. The van der Waals surface area contributed by atoms with E-state index in [0.717, 1.165) is 5.56 Å². The average molecular weight is 285 g/mol. The van der Waals surface area contributed by atoms with E-state index in [1.165, 1.54) is 12.5 Å². The van der Waals surface area contributed by atoms with Crippen LogP contribution >= 0.6 is 0 Å². The van der Waals surface area contributed by atoms with Gasteiger partial charge in [-0.3, -0.25) is 4.79 Å². The van der Waals surface area contributed by atoms with Crippen molar-refractivity contribution in [2.24, 2.45) is 0 Å². The van der Waals surface area contributed by atoms with Crippen LogP contribution in [0.2, 0.25) is 0 Å². The van der Waals surface area contributed by atoms with Crippen LogP contribution in [0.3, 0.4) is 0 Å². The predicted octanol–water partition coefficient (Wildman–Crippen LogP) is 1.69. The minimum absolute atomic E-state index is 0.0963. The quantitative estimate of drug-likeness (QED) is 0.879. The molecule has 1 amide bonds. The average Bonchev–Trinajstić information content (AvgIpc) is 2.87. The molecule has 0 fully saturated rings. The number of nitrogens with one attached hydrogen (secondary N) is 1. The number of carbonyl (C=O) groups excluding carboxylic acids is 1. The van der Waals surface area contributed by atoms with Crippen LogP contribution in [0.25, 0.3) is 0 Å². The molecule has 0 saturated heterocycles. The molecule has 0 spiro atoms. The summed E-state index contributed by atoms with van der Waals surface area (Å²) in [6, 6.07) is 6.90. The number of hydrogen-bond acceptors (Lipinski definition) is 3. The Morgan fingerprint density at radius 2 is 2.10 bits per heavy atom. The number of rotatable bonds is 2. The first-order chi connectivity index (χ1) is 9.92. The Morgan fingerprint density at radius 1 is 1.38 bits per heavy atom. The number of benzene rings is 1. The predicted molar refractivity (Wildman–Crippen MR) is 75.3 cm³/mol. The van der Waals surface area contributed by atoms with Crippen molar-refractivity contribution in [1.29, 1.82) is 0 Å². The summed E-state index contributed by atoms with van der Waals surface area (Å²) in [6.45, 7) is 3.74. The van der Waals surface area contributed by atoms with Crippen molar-refractivity contribution in [1.82, 2.24) is 14.9 Å². The maximum absolute atomic E-state index is 12.2. The molecule has 2 aromatic rings. The van der Waals surface area contributed by atoms with Crippen LogP contribution in [-0.2, 0) is 0 Å². The van der Waals surface area contributed by atoms with Gasteiger partial charge < -0.3 is 15.0 Å². The van der Waals surface area contributed by atoms with Crippen molar-refractivity contribution < 1.29 is 14.7 Å². The second kappa shape index (κ2) is 4.44. The molecule has 0 bridgehead atoms. The first-order valence-corrected chi connectivity index (χ1v) is 6.58. The molecular weight excluding hydrogens is 270 g/mol. The number of carboxylic acid groups (broad SMARTS) is 1. The molecule has 108 valence electrons. The van der Waals surface area contributed by atoms with Gasteiger partial charge in [0.25, 0.3) is 5.91 Å². The number of hydrogen-bond donors (Lipinski definition) is 2. The molecule has 1 aromatic heterocycles. The number of amides is 1. The van der Waals surface area contributed by atoms with Crippen LogP contribution in [0.1, 0.15) is 46.3 Å². The Morgan fingerprint density at radius 3 is 2.81 bits per heavy atom. The molecular formula is C15H15N3O3. The summed E-state index contributed by atoms with van der Waals surface area (Å²) >= 11 is 0. The summed E-state index contributed by atoms with van der Waals surface area (Å²) in [6.07, 6.45) is 2.81. The van der Waals surface area contributed by atoms with Crippen molar-refractivity contribution in [3.8, 4) is 0 Å². The van der Waals surface area contributed by atoms with Crippen molar-refractivity contribution >= 4 is 11.9 Å². The smallest absolute Gasteiger partial charge is 0.354 e. The monoisotopic (exact) mass is 285 g/mol. The molecule has 0 saturated carbocycles. The molecule has 6 heteroatoms. The molecule has 6 nitrogen and oxygen atoms in total. The van der Waals surface area contributed by atoms with E-state index in [-0.39, 0.29) is 17.6 Å². The summed E-state index contributed by atoms with van der Waals surface area (Å²) < 4.78 is 1.60. The Hall–Kier alpha value is -2.63. The number of carbonyl (C=O) groups is 2. The van der Waals surface area contributed by atoms with E-state index in [4.69, 9.17) is 0 Å². The van der Waals surface area contributed by atoms with Gasteiger partial charge in [0, 0.05) is 5.56 Å². The number of nitrogens with zero attached hydrogens (tertiary/aromatic N) is 2. The fourth-order valence-electron chi connectivity index (χ4n) is 2.93. The number of carboxylic acids is 1. The standard InChI is InChI=1S/C15H15N3O3/c1-15(2)12(18-8-16-7-11(18)14(20)21)9-5-3-4-6-10(9)13(19)17-15/h3-8,12H,1-2H3,(H,17,19)(H,20,21).